The van der Waals surface area contributed by atoms with Gasteiger partial charge in [0.05, 0.1) is 11.0 Å². The predicted molar refractivity (Wildman–Crippen MR) is 74.9 cm³/mol. The molecule has 0 saturated heterocycles. The number of hydrogen-bond acceptors (Lipinski definition) is 4. The van der Waals surface area contributed by atoms with E-state index >= 15 is 0 Å². The molecule has 0 N–H and O–H groups in total. The highest BCUT2D eigenvalue weighted by molar-refractivity contribution is 6.12. The number of rotatable bonds is 1. The van der Waals surface area contributed by atoms with Crippen LogP contribution in [0.5, 0.6) is 11.5 Å². The molecule has 1 aromatic rings. The largest absolute Gasteiger partial charge is 0.452 e. The van der Waals surface area contributed by atoms with E-state index < -0.39 is 5.41 Å². The van der Waals surface area contributed by atoms with E-state index in [0.29, 0.717) is 22.8 Å². The summed E-state index contributed by atoms with van der Waals surface area (Å²) in [6, 6.07) is 4.81. The molecule has 1 aliphatic rings. The van der Waals surface area contributed by atoms with Crippen molar-refractivity contribution in [3.05, 3.63) is 35.1 Å². The van der Waals surface area contributed by atoms with E-state index in [4.69, 9.17) is 9.47 Å². The molecule has 106 valence electrons. The van der Waals surface area contributed by atoms with E-state index in [2.05, 4.69) is 0 Å². The van der Waals surface area contributed by atoms with Crippen LogP contribution in [0.25, 0.3) is 0 Å². The summed E-state index contributed by atoms with van der Waals surface area (Å²) >= 11 is 0. The first-order valence-corrected chi connectivity index (χ1v) is 6.46. The zero-order valence-electron chi connectivity index (χ0n) is 12.4. The molecule has 1 heterocycles. The molecule has 4 heteroatoms. The molecule has 0 amide bonds. The van der Waals surface area contributed by atoms with Crippen LogP contribution in [-0.2, 0) is 4.79 Å². The molecule has 0 radical (unpaired) electrons. The van der Waals surface area contributed by atoms with Crippen LogP contribution in [0.4, 0.5) is 0 Å². The third-order valence-electron chi connectivity index (χ3n) is 2.89. The first-order chi connectivity index (χ1) is 9.20. The number of carbonyl (C=O) groups is 2. The Morgan fingerprint density at radius 2 is 1.85 bits per heavy atom. The fraction of sp³-hybridized carbons (Fsp3) is 0.375. The molecule has 20 heavy (non-hydrogen) atoms. The lowest BCUT2D eigenvalue weighted by molar-refractivity contribution is -0.142. The summed E-state index contributed by atoms with van der Waals surface area (Å²) in [5, 5.41) is 0. The van der Waals surface area contributed by atoms with Gasteiger partial charge in [-0.1, -0.05) is 0 Å². The quantitative estimate of drug-likeness (QED) is 0.447. The summed E-state index contributed by atoms with van der Waals surface area (Å²) in [4.78, 5) is 23.9. The van der Waals surface area contributed by atoms with Crippen molar-refractivity contribution < 1.29 is 19.1 Å². The second-order valence-electron chi connectivity index (χ2n) is 6.06. The molecule has 0 fully saturated rings. The molecule has 4 nitrogen and oxygen atoms in total. The molecule has 0 spiro atoms. The maximum atomic E-state index is 12.0. The highest BCUT2D eigenvalue weighted by Crippen LogP contribution is 2.35. The number of allylic oxidation sites excluding steroid dienone is 2. The Labute approximate surface area is 118 Å². The first-order valence-electron chi connectivity index (χ1n) is 6.46. The number of benzene rings is 1. The van der Waals surface area contributed by atoms with Crippen LogP contribution in [-0.4, -0.2) is 11.8 Å². The molecule has 0 unspecified atom stereocenters. The Morgan fingerprint density at radius 1 is 1.20 bits per heavy atom. The minimum absolute atomic E-state index is 0.131. The Morgan fingerprint density at radius 3 is 2.40 bits per heavy atom. The molecule has 2 rings (SSSR count). The number of ketones is 1. The minimum Gasteiger partial charge on any atom is -0.452 e. The SMILES string of the molecule is CC(C)=C1Oc2cc(OC(=O)C(C)(C)C)ccc2C1=O. The summed E-state index contributed by atoms with van der Waals surface area (Å²) < 4.78 is 10.8. The van der Waals surface area contributed by atoms with Gasteiger partial charge in [0.25, 0.3) is 0 Å². The van der Waals surface area contributed by atoms with Crippen LogP contribution in [0.3, 0.4) is 0 Å². The van der Waals surface area contributed by atoms with Crippen molar-refractivity contribution in [2.75, 3.05) is 0 Å². The average molecular weight is 274 g/mol. The van der Waals surface area contributed by atoms with E-state index in [0.717, 1.165) is 5.57 Å². The molecule has 0 aliphatic carbocycles. The van der Waals surface area contributed by atoms with Gasteiger partial charge in [0.15, 0.2) is 5.76 Å². The van der Waals surface area contributed by atoms with Gasteiger partial charge in [0.2, 0.25) is 5.78 Å². The lowest BCUT2D eigenvalue weighted by Gasteiger charge is -2.16. The van der Waals surface area contributed by atoms with Crippen molar-refractivity contribution in [3.63, 3.8) is 0 Å². The minimum atomic E-state index is -0.583. The number of esters is 1. The molecule has 0 aromatic heterocycles. The second-order valence-corrected chi connectivity index (χ2v) is 6.06. The highest BCUT2D eigenvalue weighted by atomic mass is 16.5. The summed E-state index contributed by atoms with van der Waals surface area (Å²) in [6.07, 6.45) is 0. The van der Waals surface area contributed by atoms with Crippen molar-refractivity contribution >= 4 is 11.8 Å². The topological polar surface area (TPSA) is 52.6 Å². The first kappa shape index (κ1) is 14.3. The van der Waals surface area contributed by atoms with Gasteiger partial charge >= 0.3 is 5.97 Å². The van der Waals surface area contributed by atoms with Crippen LogP contribution in [0.1, 0.15) is 45.0 Å². The fourth-order valence-electron chi connectivity index (χ4n) is 1.71. The van der Waals surface area contributed by atoms with Crippen molar-refractivity contribution in [2.24, 2.45) is 5.41 Å². The van der Waals surface area contributed by atoms with Crippen LogP contribution in [0, 0.1) is 5.41 Å². The van der Waals surface area contributed by atoms with Crippen molar-refractivity contribution in [2.45, 2.75) is 34.6 Å². The maximum Gasteiger partial charge on any atom is 0.316 e. The Balaban J connectivity index is 2.29. The number of carbonyl (C=O) groups excluding carboxylic acids is 2. The number of hydrogen-bond donors (Lipinski definition) is 0. The molecule has 0 bridgehead atoms. The molecule has 0 atom stereocenters. The van der Waals surface area contributed by atoms with E-state index in [1.807, 2.05) is 13.8 Å². The molecule has 1 aliphatic heterocycles. The Hall–Kier alpha value is -2.10. The fourth-order valence-corrected chi connectivity index (χ4v) is 1.71. The van der Waals surface area contributed by atoms with Gasteiger partial charge in [-0.15, -0.1) is 0 Å². The maximum absolute atomic E-state index is 12.0. The third-order valence-corrected chi connectivity index (χ3v) is 2.89. The number of fused-ring (bicyclic) bond motifs is 1. The van der Waals surface area contributed by atoms with Crippen LogP contribution >= 0.6 is 0 Å². The standard InChI is InChI=1S/C16H18O4/c1-9(2)14-13(17)11-7-6-10(8-12(11)20-14)19-15(18)16(3,4)5/h6-8H,1-5H3. The number of Topliss-reactive ketones (excluding diaryl/α,β-unsaturated/α-hetero) is 1. The zero-order valence-corrected chi connectivity index (χ0v) is 12.4. The zero-order chi connectivity index (χ0) is 15.1. The van der Waals surface area contributed by atoms with Gasteiger partial charge in [-0.25, -0.2) is 0 Å². The number of ether oxygens (including phenoxy) is 2. The van der Waals surface area contributed by atoms with Gasteiger partial charge < -0.3 is 9.47 Å². The molecule has 0 saturated carbocycles. The summed E-state index contributed by atoms with van der Waals surface area (Å²) in [5.41, 5.74) is 0.733. The van der Waals surface area contributed by atoms with E-state index in [-0.39, 0.29) is 11.8 Å². The van der Waals surface area contributed by atoms with E-state index in [1.165, 1.54) is 0 Å². The molecular formula is C16H18O4. The van der Waals surface area contributed by atoms with Crippen molar-refractivity contribution in [1.29, 1.82) is 0 Å². The molecular weight excluding hydrogens is 256 g/mol. The van der Waals surface area contributed by atoms with Crippen LogP contribution in [0.15, 0.2) is 29.5 Å². The molecule has 1 aromatic carbocycles. The summed E-state index contributed by atoms with van der Waals surface area (Å²) in [5.74, 6) is 0.703. The van der Waals surface area contributed by atoms with Crippen molar-refractivity contribution in [1.82, 2.24) is 0 Å². The van der Waals surface area contributed by atoms with Gasteiger partial charge in [-0.05, 0) is 52.3 Å². The van der Waals surface area contributed by atoms with Crippen LogP contribution in [0.2, 0.25) is 0 Å². The van der Waals surface area contributed by atoms with Crippen molar-refractivity contribution in [3.8, 4) is 11.5 Å². The summed E-state index contributed by atoms with van der Waals surface area (Å²) in [6.45, 7) is 8.98. The lowest BCUT2D eigenvalue weighted by Crippen LogP contribution is -2.25. The van der Waals surface area contributed by atoms with Gasteiger partial charge in [0, 0.05) is 6.07 Å². The average Bonchev–Trinajstić information content (AvgIpc) is 2.65. The van der Waals surface area contributed by atoms with E-state index in [9.17, 15) is 9.59 Å². The summed E-state index contributed by atoms with van der Waals surface area (Å²) in [7, 11) is 0. The Bertz CT molecular complexity index is 614. The van der Waals surface area contributed by atoms with E-state index in [1.54, 1.807) is 39.0 Å². The smallest absolute Gasteiger partial charge is 0.316 e. The third kappa shape index (κ3) is 2.59. The second kappa shape index (κ2) is 4.78. The van der Waals surface area contributed by atoms with Gasteiger partial charge in [-0.2, -0.15) is 0 Å². The van der Waals surface area contributed by atoms with Crippen LogP contribution < -0.4 is 9.47 Å². The van der Waals surface area contributed by atoms with Gasteiger partial charge in [-0.3, -0.25) is 9.59 Å². The van der Waals surface area contributed by atoms with Gasteiger partial charge in [0.1, 0.15) is 11.5 Å². The monoisotopic (exact) mass is 274 g/mol. The highest BCUT2D eigenvalue weighted by Gasteiger charge is 2.29. The predicted octanol–water partition coefficient (Wildman–Crippen LogP) is 3.51. The Kier molecular flexibility index (Phi) is 3.42. The normalized spacial score (nSPS) is 13.8. The lowest BCUT2D eigenvalue weighted by atomic mass is 9.97.